The molecule has 0 atom stereocenters. The fourth-order valence-corrected chi connectivity index (χ4v) is 3.18. The minimum absolute atomic E-state index is 0.0474. The molecule has 0 radical (unpaired) electrons. The van der Waals surface area contributed by atoms with Crippen molar-refractivity contribution >= 4 is 33.6 Å². The second kappa shape index (κ2) is 8.34. The van der Waals surface area contributed by atoms with Crippen LogP contribution in [0.1, 0.15) is 16.7 Å². The largest absolute Gasteiger partial charge is 0.351 e. The maximum Gasteiger partial charge on any atom is 0.230 e. The van der Waals surface area contributed by atoms with Crippen molar-refractivity contribution in [2.75, 3.05) is 5.75 Å². The summed E-state index contributed by atoms with van der Waals surface area (Å²) >= 11 is 4.92. The Morgan fingerprint density at radius 1 is 1.27 bits per heavy atom. The number of halogens is 2. The number of hydrogen-bond donors (Lipinski definition) is 1. The van der Waals surface area contributed by atoms with Gasteiger partial charge in [0, 0.05) is 16.8 Å². The fourth-order valence-electron chi connectivity index (χ4n) is 1.99. The topological polar surface area (TPSA) is 29.1 Å². The van der Waals surface area contributed by atoms with Crippen molar-refractivity contribution in [3.05, 3.63) is 69.4 Å². The van der Waals surface area contributed by atoms with Crippen molar-refractivity contribution in [3.8, 4) is 0 Å². The van der Waals surface area contributed by atoms with E-state index in [1.54, 1.807) is 17.8 Å². The monoisotopic (exact) mass is 381 g/mol. The fraction of sp³-hybridized carbons (Fsp3) is 0.235. The molecule has 0 aliphatic heterocycles. The smallest absolute Gasteiger partial charge is 0.230 e. The van der Waals surface area contributed by atoms with Crippen LogP contribution in [0.25, 0.3) is 0 Å². The lowest BCUT2D eigenvalue weighted by Gasteiger charge is -2.07. The number of benzene rings is 2. The maximum absolute atomic E-state index is 13.2. The van der Waals surface area contributed by atoms with Gasteiger partial charge in [-0.05, 0) is 36.2 Å². The number of carbonyl (C=O) groups excluding carboxylic acids is 1. The van der Waals surface area contributed by atoms with Crippen molar-refractivity contribution in [1.29, 1.82) is 0 Å². The molecule has 0 fully saturated rings. The molecule has 1 N–H and O–H groups in total. The van der Waals surface area contributed by atoms with Gasteiger partial charge in [0.15, 0.2) is 0 Å². The first-order valence-electron chi connectivity index (χ1n) is 6.88. The number of hydrogen-bond acceptors (Lipinski definition) is 2. The van der Waals surface area contributed by atoms with Crippen LogP contribution in [0.2, 0.25) is 0 Å². The van der Waals surface area contributed by atoms with Gasteiger partial charge in [-0.25, -0.2) is 4.39 Å². The Labute approximate surface area is 142 Å². The van der Waals surface area contributed by atoms with Crippen LogP contribution >= 0.6 is 27.7 Å². The molecule has 0 heterocycles. The van der Waals surface area contributed by atoms with Crippen molar-refractivity contribution in [1.82, 2.24) is 5.32 Å². The maximum atomic E-state index is 13.2. The van der Waals surface area contributed by atoms with Gasteiger partial charge < -0.3 is 5.32 Å². The van der Waals surface area contributed by atoms with E-state index in [0.717, 1.165) is 15.8 Å². The first-order valence-corrected chi connectivity index (χ1v) is 8.83. The second-order valence-electron chi connectivity index (χ2n) is 4.99. The van der Waals surface area contributed by atoms with Gasteiger partial charge in [0.05, 0.1) is 5.75 Å². The highest BCUT2D eigenvalue weighted by molar-refractivity contribution is 9.10. The van der Waals surface area contributed by atoms with Crippen LogP contribution in [-0.2, 0) is 17.1 Å². The van der Waals surface area contributed by atoms with Crippen LogP contribution in [0.15, 0.2) is 46.9 Å². The number of aryl methyl sites for hydroxylation is 1. The Hall–Kier alpha value is -1.33. The lowest BCUT2D eigenvalue weighted by atomic mass is 10.2. The molecule has 5 heteroatoms. The van der Waals surface area contributed by atoms with Crippen molar-refractivity contribution in [2.24, 2.45) is 0 Å². The van der Waals surface area contributed by atoms with Crippen LogP contribution in [0, 0.1) is 12.7 Å². The molecule has 0 unspecified atom stereocenters. The molecule has 1 amide bonds. The molecule has 2 aromatic rings. The Balaban J connectivity index is 1.75. The molecule has 22 heavy (non-hydrogen) atoms. The molecule has 0 saturated carbocycles. The summed E-state index contributed by atoms with van der Waals surface area (Å²) in [6.07, 6.45) is 0. The second-order valence-corrected chi connectivity index (χ2v) is 6.83. The van der Waals surface area contributed by atoms with E-state index in [1.807, 2.05) is 6.07 Å². The summed E-state index contributed by atoms with van der Waals surface area (Å²) in [5.41, 5.74) is 3.17. The van der Waals surface area contributed by atoms with E-state index >= 15 is 0 Å². The Bertz CT molecular complexity index is 663. The zero-order valence-corrected chi connectivity index (χ0v) is 14.6. The van der Waals surface area contributed by atoms with Gasteiger partial charge in [0.2, 0.25) is 5.91 Å². The molecule has 2 aromatic carbocycles. The summed E-state index contributed by atoms with van der Waals surface area (Å²) in [7, 11) is 0. The van der Waals surface area contributed by atoms with E-state index in [9.17, 15) is 9.18 Å². The van der Waals surface area contributed by atoms with E-state index in [2.05, 4.69) is 46.4 Å². The SMILES string of the molecule is Cc1cccc(CSCC(=O)NCc2cc(F)ccc2Br)c1. The van der Waals surface area contributed by atoms with Crippen LogP contribution in [0.4, 0.5) is 4.39 Å². The number of carbonyl (C=O) groups is 1. The Kier molecular flexibility index (Phi) is 6.46. The normalized spacial score (nSPS) is 10.5. The number of thioether (sulfide) groups is 1. The third kappa shape index (κ3) is 5.46. The number of rotatable bonds is 6. The summed E-state index contributed by atoms with van der Waals surface area (Å²) in [5, 5.41) is 2.81. The molecule has 2 nitrogen and oxygen atoms in total. The van der Waals surface area contributed by atoms with E-state index in [4.69, 9.17) is 0 Å². The van der Waals surface area contributed by atoms with Crippen molar-refractivity contribution < 1.29 is 9.18 Å². The first-order chi connectivity index (χ1) is 10.5. The zero-order valence-electron chi connectivity index (χ0n) is 12.2. The van der Waals surface area contributed by atoms with Gasteiger partial charge >= 0.3 is 0 Å². The molecule has 0 spiro atoms. The standard InChI is InChI=1S/C17H17BrFNOS/c1-12-3-2-4-13(7-12)10-22-11-17(21)20-9-14-8-15(19)5-6-16(14)18/h2-8H,9-11H2,1H3,(H,20,21). The van der Waals surface area contributed by atoms with Gasteiger partial charge in [-0.1, -0.05) is 45.8 Å². The zero-order chi connectivity index (χ0) is 15.9. The van der Waals surface area contributed by atoms with Crippen LogP contribution in [0.3, 0.4) is 0 Å². The van der Waals surface area contributed by atoms with E-state index in [1.165, 1.54) is 23.3 Å². The van der Waals surface area contributed by atoms with Gasteiger partial charge in [0.25, 0.3) is 0 Å². The predicted molar refractivity (Wildman–Crippen MR) is 93.3 cm³/mol. The highest BCUT2D eigenvalue weighted by atomic mass is 79.9. The lowest BCUT2D eigenvalue weighted by molar-refractivity contribution is -0.118. The number of amides is 1. The summed E-state index contributed by atoms with van der Waals surface area (Å²) in [5.74, 6) is 0.842. The molecular formula is C17H17BrFNOS. The summed E-state index contributed by atoms with van der Waals surface area (Å²) in [4.78, 5) is 11.8. The quantitative estimate of drug-likeness (QED) is 0.800. The summed E-state index contributed by atoms with van der Waals surface area (Å²) < 4.78 is 14.0. The highest BCUT2D eigenvalue weighted by Gasteiger charge is 2.05. The molecule has 0 bridgehead atoms. The molecule has 116 valence electrons. The summed E-state index contributed by atoms with van der Waals surface area (Å²) in [6.45, 7) is 2.37. The molecular weight excluding hydrogens is 365 g/mol. The Morgan fingerprint density at radius 3 is 2.86 bits per heavy atom. The Morgan fingerprint density at radius 2 is 2.09 bits per heavy atom. The van der Waals surface area contributed by atoms with Crippen LogP contribution in [0.5, 0.6) is 0 Å². The number of nitrogens with one attached hydrogen (secondary N) is 1. The van der Waals surface area contributed by atoms with Crippen LogP contribution in [-0.4, -0.2) is 11.7 Å². The predicted octanol–water partition coefficient (Wildman–Crippen LogP) is 4.45. The first kappa shape index (κ1) is 17.0. The molecule has 0 aromatic heterocycles. The average Bonchev–Trinajstić information content (AvgIpc) is 2.48. The van der Waals surface area contributed by atoms with Crippen molar-refractivity contribution in [3.63, 3.8) is 0 Å². The van der Waals surface area contributed by atoms with Gasteiger partial charge in [0.1, 0.15) is 5.82 Å². The van der Waals surface area contributed by atoms with Crippen LogP contribution < -0.4 is 5.32 Å². The molecule has 0 saturated heterocycles. The molecule has 0 aliphatic carbocycles. The third-order valence-corrected chi connectivity index (χ3v) is 4.85. The molecule has 0 aliphatic rings. The van der Waals surface area contributed by atoms with Crippen molar-refractivity contribution in [2.45, 2.75) is 19.2 Å². The summed E-state index contributed by atoms with van der Waals surface area (Å²) in [6, 6.07) is 12.7. The van der Waals surface area contributed by atoms with E-state index in [0.29, 0.717) is 12.3 Å². The molecule has 2 rings (SSSR count). The average molecular weight is 382 g/mol. The minimum atomic E-state index is -0.304. The van der Waals surface area contributed by atoms with E-state index in [-0.39, 0.29) is 11.7 Å². The highest BCUT2D eigenvalue weighted by Crippen LogP contribution is 2.18. The van der Waals surface area contributed by atoms with E-state index < -0.39 is 0 Å². The van der Waals surface area contributed by atoms with Gasteiger partial charge in [-0.2, -0.15) is 0 Å². The van der Waals surface area contributed by atoms with Gasteiger partial charge in [-0.3, -0.25) is 4.79 Å². The third-order valence-electron chi connectivity index (χ3n) is 3.07. The minimum Gasteiger partial charge on any atom is -0.351 e. The lowest BCUT2D eigenvalue weighted by Crippen LogP contribution is -2.24. The van der Waals surface area contributed by atoms with Gasteiger partial charge in [-0.15, -0.1) is 11.8 Å².